The molecule has 1 aromatic heterocycles. The highest BCUT2D eigenvalue weighted by molar-refractivity contribution is 7.89. The predicted molar refractivity (Wildman–Crippen MR) is 122 cm³/mol. The molecule has 0 bridgehead atoms. The second kappa shape index (κ2) is 9.05. The first-order valence-electron chi connectivity index (χ1n) is 10.4. The van der Waals surface area contributed by atoms with Crippen LogP contribution in [-0.2, 0) is 14.8 Å². The number of nitrogens with one attached hydrogen (secondary N) is 2. The van der Waals surface area contributed by atoms with Crippen molar-refractivity contribution >= 4 is 21.6 Å². The van der Waals surface area contributed by atoms with E-state index in [0.717, 1.165) is 0 Å². The average Bonchev–Trinajstić information content (AvgIpc) is 2.79. The molecule has 4 rings (SSSR count). The van der Waals surface area contributed by atoms with Gasteiger partial charge in [-0.25, -0.2) is 13.4 Å². The van der Waals surface area contributed by atoms with Gasteiger partial charge in [0.25, 0.3) is 5.56 Å². The van der Waals surface area contributed by atoms with Crippen LogP contribution in [-0.4, -0.2) is 41.7 Å². The van der Waals surface area contributed by atoms with E-state index >= 15 is 0 Å². The number of H-pyrrole nitrogens is 1. The number of aromatic amines is 1. The van der Waals surface area contributed by atoms with Crippen LogP contribution >= 0.6 is 0 Å². The molecule has 0 spiro atoms. The summed E-state index contributed by atoms with van der Waals surface area (Å²) in [7, 11) is -3.64. The lowest BCUT2D eigenvalue weighted by molar-refractivity contribution is -0.120. The zero-order valence-electron chi connectivity index (χ0n) is 17.6. The van der Waals surface area contributed by atoms with Gasteiger partial charge in [0.15, 0.2) is 0 Å². The lowest BCUT2D eigenvalue weighted by atomic mass is 9.98. The molecule has 1 aliphatic rings. The molecule has 32 heavy (non-hydrogen) atoms. The molecule has 1 amide bonds. The van der Waals surface area contributed by atoms with E-state index < -0.39 is 15.9 Å². The van der Waals surface area contributed by atoms with E-state index in [2.05, 4.69) is 15.3 Å². The molecule has 1 saturated heterocycles. The maximum atomic E-state index is 12.9. The van der Waals surface area contributed by atoms with Gasteiger partial charge in [-0.05, 0) is 44.0 Å². The van der Waals surface area contributed by atoms with E-state index in [1.165, 1.54) is 10.4 Å². The molecule has 8 nitrogen and oxygen atoms in total. The highest BCUT2D eigenvalue weighted by atomic mass is 32.2. The highest BCUT2D eigenvalue weighted by Crippen LogP contribution is 2.25. The van der Waals surface area contributed by atoms with Gasteiger partial charge in [-0.1, -0.05) is 30.3 Å². The van der Waals surface area contributed by atoms with Gasteiger partial charge < -0.3 is 10.3 Å². The van der Waals surface area contributed by atoms with Gasteiger partial charge in [-0.3, -0.25) is 9.59 Å². The Hall–Kier alpha value is -3.30. The number of rotatable bonds is 5. The number of nitrogens with zero attached hydrogens (tertiary/aromatic N) is 2. The van der Waals surface area contributed by atoms with Crippen molar-refractivity contribution in [2.75, 3.05) is 18.4 Å². The lowest BCUT2D eigenvalue weighted by Gasteiger charge is -2.31. The zero-order chi connectivity index (χ0) is 22.7. The molecule has 2 N–H and O–H groups in total. The fourth-order valence-corrected chi connectivity index (χ4v) is 5.37. The number of carbonyl (C=O) groups is 1. The van der Waals surface area contributed by atoms with E-state index in [1.807, 2.05) is 0 Å². The SMILES string of the molecule is Cc1cc(=O)[nH]c(-c2cccc(NC(=O)[C@H]3CCCN(S(=O)(=O)c4ccccc4)C3)c2)n1. The Bertz CT molecular complexity index is 1290. The van der Waals surface area contributed by atoms with Gasteiger partial charge in [-0.2, -0.15) is 4.31 Å². The zero-order valence-corrected chi connectivity index (χ0v) is 18.4. The van der Waals surface area contributed by atoms with Crippen molar-refractivity contribution < 1.29 is 13.2 Å². The molecule has 0 radical (unpaired) electrons. The summed E-state index contributed by atoms with van der Waals surface area (Å²) < 4.78 is 27.2. The summed E-state index contributed by atoms with van der Waals surface area (Å²) in [6.07, 6.45) is 1.22. The summed E-state index contributed by atoms with van der Waals surface area (Å²) in [5.41, 5.74) is 1.57. The monoisotopic (exact) mass is 452 g/mol. The molecule has 0 saturated carbocycles. The Labute approximate surface area is 186 Å². The van der Waals surface area contributed by atoms with E-state index in [0.29, 0.717) is 42.2 Å². The molecule has 0 aliphatic carbocycles. The predicted octanol–water partition coefficient (Wildman–Crippen LogP) is 2.78. The summed E-state index contributed by atoms with van der Waals surface area (Å²) in [4.78, 5) is 31.9. The molecular formula is C23H24N4O4S. The number of amides is 1. The van der Waals surface area contributed by atoms with Crippen molar-refractivity contribution in [2.45, 2.75) is 24.7 Å². The van der Waals surface area contributed by atoms with E-state index in [-0.39, 0.29) is 22.9 Å². The fraction of sp³-hybridized carbons (Fsp3) is 0.261. The molecule has 2 aromatic carbocycles. The highest BCUT2D eigenvalue weighted by Gasteiger charge is 2.33. The second-order valence-electron chi connectivity index (χ2n) is 7.82. The Balaban J connectivity index is 1.49. The molecule has 1 fully saturated rings. The minimum Gasteiger partial charge on any atom is -0.326 e. The van der Waals surface area contributed by atoms with Crippen LogP contribution < -0.4 is 10.9 Å². The number of anilines is 1. The van der Waals surface area contributed by atoms with Gasteiger partial charge in [0.2, 0.25) is 15.9 Å². The quantitative estimate of drug-likeness (QED) is 0.618. The van der Waals surface area contributed by atoms with Crippen LogP contribution in [0.15, 0.2) is 70.4 Å². The van der Waals surface area contributed by atoms with Gasteiger partial charge in [0.05, 0.1) is 10.8 Å². The minimum absolute atomic E-state index is 0.134. The average molecular weight is 453 g/mol. The van der Waals surface area contributed by atoms with Crippen molar-refractivity contribution in [1.29, 1.82) is 0 Å². The largest absolute Gasteiger partial charge is 0.326 e. The van der Waals surface area contributed by atoms with Gasteiger partial charge in [0, 0.05) is 36.1 Å². The maximum Gasteiger partial charge on any atom is 0.251 e. The number of benzene rings is 2. The molecule has 3 aromatic rings. The van der Waals surface area contributed by atoms with Crippen molar-refractivity contribution in [1.82, 2.24) is 14.3 Å². The van der Waals surface area contributed by atoms with Gasteiger partial charge in [-0.15, -0.1) is 0 Å². The first-order chi connectivity index (χ1) is 15.3. The molecular weight excluding hydrogens is 428 g/mol. The van der Waals surface area contributed by atoms with Crippen LogP contribution in [0.5, 0.6) is 0 Å². The standard InChI is InChI=1S/C23H24N4O4S/c1-16-13-21(28)26-22(24-16)17-7-5-9-19(14-17)25-23(29)18-8-6-12-27(15-18)32(30,31)20-10-3-2-4-11-20/h2-5,7,9-11,13-14,18H,6,8,12,15H2,1H3,(H,25,29)(H,24,26,28)/t18-/m0/s1. The third-order valence-corrected chi connectivity index (χ3v) is 7.29. The molecule has 9 heteroatoms. The first kappa shape index (κ1) is 21.9. The summed E-state index contributed by atoms with van der Waals surface area (Å²) >= 11 is 0. The third kappa shape index (κ3) is 4.79. The third-order valence-electron chi connectivity index (χ3n) is 5.41. The molecule has 1 atom stereocenters. The van der Waals surface area contributed by atoms with Crippen LogP contribution in [0.25, 0.3) is 11.4 Å². The van der Waals surface area contributed by atoms with Crippen molar-refractivity contribution in [3.8, 4) is 11.4 Å². The topological polar surface area (TPSA) is 112 Å². The van der Waals surface area contributed by atoms with Gasteiger partial charge >= 0.3 is 0 Å². The van der Waals surface area contributed by atoms with E-state index in [1.54, 1.807) is 61.5 Å². The molecule has 0 unspecified atom stereocenters. The number of hydrogen-bond donors (Lipinski definition) is 2. The Morgan fingerprint density at radius 1 is 1.12 bits per heavy atom. The van der Waals surface area contributed by atoms with Crippen molar-refractivity contribution in [3.63, 3.8) is 0 Å². The van der Waals surface area contributed by atoms with Crippen molar-refractivity contribution in [2.24, 2.45) is 5.92 Å². The van der Waals surface area contributed by atoms with E-state index in [4.69, 9.17) is 0 Å². The van der Waals surface area contributed by atoms with Crippen LogP contribution in [0, 0.1) is 12.8 Å². The Morgan fingerprint density at radius 2 is 1.91 bits per heavy atom. The Morgan fingerprint density at radius 3 is 2.66 bits per heavy atom. The number of aryl methyl sites for hydroxylation is 1. The second-order valence-corrected chi connectivity index (χ2v) is 9.76. The number of carbonyl (C=O) groups excluding carboxylic acids is 1. The van der Waals surface area contributed by atoms with Crippen LogP contribution in [0.1, 0.15) is 18.5 Å². The fourth-order valence-electron chi connectivity index (χ4n) is 3.82. The smallest absolute Gasteiger partial charge is 0.251 e. The number of hydrogen-bond acceptors (Lipinski definition) is 5. The number of sulfonamides is 1. The first-order valence-corrected chi connectivity index (χ1v) is 11.8. The normalized spacial score (nSPS) is 17.1. The van der Waals surface area contributed by atoms with E-state index in [9.17, 15) is 18.0 Å². The Kier molecular flexibility index (Phi) is 6.20. The van der Waals surface area contributed by atoms with Crippen LogP contribution in [0.3, 0.4) is 0 Å². The molecule has 1 aliphatic heterocycles. The van der Waals surface area contributed by atoms with Gasteiger partial charge in [0.1, 0.15) is 5.82 Å². The lowest BCUT2D eigenvalue weighted by Crippen LogP contribution is -2.43. The van der Waals surface area contributed by atoms with Crippen LogP contribution in [0.2, 0.25) is 0 Å². The maximum absolute atomic E-state index is 12.9. The molecule has 166 valence electrons. The summed E-state index contributed by atoms with van der Waals surface area (Å²) in [5, 5.41) is 2.88. The van der Waals surface area contributed by atoms with Crippen molar-refractivity contribution in [3.05, 3.63) is 76.7 Å². The molecule has 2 heterocycles. The van der Waals surface area contributed by atoms with Crippen LogP contribution in [0.4, 0.5) is 5.69 Å². The minimum atomic E-state index is -3.64. The summed E-state index contributed by atoms with van der Waals surface area (Å²) in [6, 6.07) is 16.7. The summed E-state index contributed by atoms with van der Waals surface area (Å²) in [6.45, 7) is 2.26. The number of aromatic nitrogens is 2. The summed E-state index contributed by atoms with van der Waals surface area (Å²) in [5.74, 6) is -0.271. The number of piperidine rings is 1.